The molecule has 1 saturated heterocycles. The van der Waals surface area contributed by atoms with Gasteiger partial charge in [-0.3, -0.25) is 5.43 Å². The number of hydrogen-bond donors (Lipinski definition) is 3. The van der Waals surface area contributed by atoms with Crippen molar-refractivity contribution in [2.75, 3.05) is 13.1 Å². The molecule has 0 aliphatic carbocycles. The molecule has 28 heavy (non-hydrogen) atoms. The lowest BCUT2D eigenvalue weighted by molar-refractivity contribution is 0.435. The minimum absolute atomic E-state index is 0.157. The van der Waals surface area contributed by atoms with Crippen molar-refractivity contribution in [2.24, 2.45) is 5.92 Å². The van der Waals surface area contributed by atoms with Crippen LogP contribution in [0.15, 0.2) is 60.9 Å². The SMILES string of the molecule is Fc1ccc(C2NNCC2CNCc2nncn2CCc2ccccc2)cc1. The highest BCUT2D eigenvalue weighted by Gasteiger charge is 2.27. The minimum atomic E-state index is -0.209. The Kier molecular flexibility index (Phi) is 6.06. The van der Waals surface area contributed by atoms with Crippen LogP contribution >= 0.6 is 0 Å². The molecule has 1 fully saturated rings. The van der Waals surface area contributed by atoms with Gasteiger partial charge in [-0.2, -0.15) is 0 Å². The smallest absolute Gasteiger partial charge is 0.146 e. The Morgan fingerprint density at radius 2 is 1.93 bits per heavy atom. The van der Waals surface area contributed by atoms with Crippen LogP contribution in [0.25, 0.3) is 0 Å². The molecule has 7 heteroatoms. The standard InChI is InChI=1S/C21H25FN6/c22-19-8-6-17(7-9-19)21-18(13-24-27-21)12-23-14-20-26-25-15-28(20)11-10-16-4-2-1-3-5-16/h1-9,15,18,21,23-24,27H,10-14H2. The average Bonchev–Trinajstić information content (AvgIpc) is 3.37. The monoisotopic (exact) mass is 380 g/mol. The number of aromatic nitrogens is 3. The summed E-state index contributed by atoms with van der Waals surface area (Å²) < 4.78 is 15.3. The zero-order valence-electron chi connectivity index (χ0n) is 15.7. The van der Waals surface area contributed by atoms with E-state index in [9.17, 15) is 4.39 Å². The number of hydrogen-bond acceptors (Lipinski definition) is 5. The lowest BCUT2D eigenvalue weighted by atomic mass is 9.95. The van der Waals surface area contributed by atoms with Crippen LogP contribution in [-0.4, -0.2) is 27.9 Å². The van der Waals surface area contributed by atoms with Crippen molar-refractivity contribution in [2.45, 2.75) is 25.6 Å². The zero-order chi connectivity index (χ0) is 19.2. The molecule has 4 rings (SSSR count). The van der Waals surface area contributed by atoms with Crippen molar-refractivity contribution in [1.82, 2.24) is 30.9 Å². The first-order valence-electron chi connectivity index (χ1n) is 9.65. The molecular weight excluding hydrogens is 355 g/mol. The fraction of sp³-hybridized carbons (Fsp3) is 0.333. The van der Waals surface area contributed by atoms with E-state index in [2.05, 4.69) is 55.2 Å². The summed E-state index contributed by atoms with van der Waals surface area (Å²) in [6.07, 6.45) is 2.74. The third kappa shape index (κ3) is 4.62. The molecule has 1 aliphatic rings. The average molecular weight is 380 g/mol. The van der Waals surface area contributed by atoms with Crippen LogP contribution in [-0.2, 0) is 19.5 Å². The fourth-order valence-electron chi connectivity index (χ4n) is 3.62. The second-order valence-corrected chi connectivity index (χ2v) is 7.12. The van der Waals surface area contributed by atoms with Gasteiger partial charge in [0, 0.05) is 25.6 Å². The summed E-state index contributed by atoms with van der Waals surface area (Å²) in [5, 5.41) is 11.8. The van der Waals surface area contributed by atoms with Crippen molar-refractivity contribution < 1.29 is 4.39 Å². The van der Waals surface area contributed by atoms with Gasteiger partial charge in [0.15, 0.2) is 0 Å². The first kappa shape index (κ1) is 18.7. The maximum absolute atomic E-state index is 13.2. The first-order valence-corrected chi connectivity index (χ1v) is 9.65. The fourth-order valence-corrected chi connectivity index (χ4v) is 3.62. The maximum Gasteiger partial charge on any atom is 0.146 e. The second-order valence-electron chi connectivity index (χ2n) is 7.12. The van der Waals surface area contributed by atoms with E-state index in [4.69, 9.17) is 0 Å². The Hall–Kier alpha value is -2.61. The van der Waals surface area contributed by atoms with Crippen molar-refractivity contribution in [3.05, 3.63) is 83.7 Å². The Balaban J connectivity index is 1.29. The molecule has 0 radical (unpaired) electrons. The number of nitrogens with one attached hydrogen (secondary N) is 3. The highest BCUT2D eigenvalue weighted by Crippen LogP contribution is 2.24. The van der Waals surface area contributed by atoms with Crippen molar-refractivity contribution >= 4 is 0 Å². The van der Waals surface area contributed by atoms with E-state index in [0.29, 0.717) is 12.5 Å². The molecule has 2 atom stereocenters. The van der Waals surface area contributed by atoms with E-state index in [1.807, 2.05) is 18.2 Å². The van der Waals surface area contributed by atoms with Crippen molar-refractivity contribution in [1.29, 1.82) is 0 Å². The summed E-state index contributed by atoms with van der Waals surface area (Å²) in [7, 11) is 0. The molecule has 6 nitrogen and oxygen atoms in total. The summed E-state index contributed by atoms with van der Waals surface area (Å²) >= 11 is 0. The van der Waals surface area contributed by atoms with E-state index >= 15 is 0 Å². The number of hydrazine groups is 1. The third-order valence-corrected chi connectivity index (χ3v) is 5.19. The third-order valence-electron chi connectivity index (χ3n) is 5.19. The van der Waals surface area contributed by atoms with Gasteiger partial charge >= 0.3 is 0 Å². The zero-order valence-corrected chi connectivity index (χ0v) is 15.7. The van der Waals surface area contributed by atoms with E-state index in [-0.39, 0.29) is 11.9 Å². The quantitative estimate of drug-likeness (QED) is 0.559. The predicted molar refractivity (Wildman–Crippen MR) is 106 cm³/mol. The predicted octanol–water partition coefficient (Wildman–Crippen LogP) is 2.21. The summed E-state index contributed by atoms with van der Waals surface area (Å²) in [6.45, 7) is 3.21. The molecule has 1 aromatic heterocycles. The lowest BCUT2D eigenvalue weighted by Crippen LogP contribution is -2.29. The van der Waals surface area contributed by atoms with Crippen LogP contribution in [0.5, 0.6) is 0 Å². The second kappa shape index (κ2) is 9.05. The van der Waals surface area contributed by atoms with E-state index < -0.39 is 0 Å². The number of aryl methyl sites for hydroxylation is 2. The van der Waals surface area contributed by atoms with Gasteiger partial charge in [-0.15, -0.1) is 10.2 Å². The number of halogens is 1. The molecule has 0 amide bonds. The first-order chi connectivity index (χ1) is 13.8. The molecular formula is C21H25FN6. The Bertz CT molecular complexity index is 864. The van der Waals surface area contributed by atoms with Gasteiger partial charge in [-0.05, 0) is 29.7 Å². The Morgan fingerprint density at radius 1 is 1.11 bits per heavy atom. The van der Waals surface area contributed by atoms with Gasteiger partial charge in [0.25, 0.3) is 0 Å². The molecule has 146 valence electrons. The van der Waals surface area contributed by atoms with Crippen molar-refractivity contribution in [3.63, 3.8) is 0 Å². The Morgan fingerprint density at radius 3 is 2.75 bits per heavy atom. The van der Waals surface area contributed by atoms with Gasteiger partial charge in [0.1, 0.15) is 18.0 Å². The highest BCUT2D eigenvalue weighted by atomic mass is 19.1. The summed E-state index contributed by atoms with van der Waals surface area (Å²) in [4.78, 5) is 0. The summed E-state index contributed by atoms with van der Waals surface area (Å²) in [6, 6.07) is 17.3. The number of nitrogens with zero attached hydrogens (tertiary/aromatic N) is 3. The normalized spacial score (nSPS) is 19.2. The molecule has 0 saturated carbocycles. The van der Waals surface area contributed by atoms with Gasteiger partial charge in [0.05, 0.1) is 12.6 Å². The van der Waals surface area contributed by atoms with Crippen LogP contribution < -0.4 is 16.2 Å². The van der Waals surface area contributed by atoms with E-state index in [1.54, 1.807) is 6.33 Å². The topological polar surface area (TPSA) is 66.8 Å². The molecule has 2 unspecified atom stereocenters. The van der Waals surface area contributed by atoms with Crippen LogP contribution in [0.1, 0.15) is 23.0 Å². The van der Waals surface area contributed by atoms with Crippen LogP contribution in [0.3, 0.4) is 0 Å². The van der Waals surface area contributed by atoms with Crippen LogP contribution in [0, 0.1) is 11.7 Å². The molecule has 1 aliphatic heterocycles. The van der Waals surface area contributed by atoms with Gasteiger partial charge in [-0.1, -0.05) is 42.5 Å². The number of rotatable bonds is 8. The molecule has 2 aromatic carbocycles. The van der Waals surface area contributed by atoms with Crippen LogP contribution in [0.2, 0.25) is 0 Å². The largest absolute Gasteiger partial charge is 0.316 e. The molecule has 2 heterocycles. The van der Waals surface area contributed by atoms with E-state index in [0.717, 1.165) is 37.4 Å². The summed E-state index contributed by atoms with van der Waals surface area (Å²) in [5.74, 6) is 1.10. The molecule has 0 spiro atoms. The Labute approximate surface area is 164 Å². The highest BCUT2D eigenvalue weighted by molar-refractivity contribution is 5.21. The van der Waals surface area contributed by atoms with Gasteiger partial charge < -0.3 is 9.88 Å². The minimum Gasteiger partial charge on any atom is -0.316 e. The molecule has 0 bridgehead atoms. The van der Waals surface area contributed by atoms with Gasteiger partial charge in [0.2, 0.25) is 0 Å². The van der Waals surface area contributed by atoms with E-state index in [1.165, 1.54) is 17.7 Å². The van der Waals surface area contributed by atoms with Crippen LogP contribution in [0.4, 0.5) is 4.39 Å². The summed E-state index contributed by atoms with van der Waals surface area (Å²) in [5.41, 5.74) is 8.90. The molecule has 3 N–H and O–H groups in total. The maximum atomic E-state index is 13.2. The number of benzene rings is 2. The lowest BCUT2D eigenvalue weighted by Gasteiger charge is -2.19. The van der Waals surface area contributed by atoms with Crippen molar-refractivity contribution in [3.8, 4) is 0 Å². The molecule has 3 aromatic rings. The van der Waals surface area contributed by atoms with Gasteiger partial charge in [-0.25, -0.2) is 9.82 Å².